The van der Waals surface area contributed by atoms with Gasteiger partial charge in [-0.3, -0.25) is 10.1 Å². The van der Waals surface area contributed by atoms with Crippen LogP contribution in [-0.4, -0.2) is 23.2 Å². The number of ether oxygens (including phenoxy) is 2. The number of nitrogens with zero attached hydrogens (tertiary/aromatic N) is 3. The number of aromatic nitrogens is 2. The SMILES string of the molecule is CCc1nnc(NC(=O)/C(C#N)=C/c2ccc(OCc3ccccc3)c(OC)c2)s1. The van der Waals surface area contributed by atoms with Gasteiger partial charge in [0.15, 0.2) is 11.5 Å². The van der Waals surface area contributed by atoms with Crippen molar-refractivity contribution in [3.63, 3.8) is 0 Å². The van der Waals surface area contributed by atoms with Crippen molar-refractivity contribution in [1.82, 2.24) is 10.2 Å². The number of hydrogen-bond acceptors (Lipinski definition) is 7. The van der Waals surface area contributed by atoms with Crippen molar-refractivity contribution in [1.29, 1.82) is 5.26 Å². The van der Waals surface area contributed by atoms with Crippen molar-refractivity contribution in [2.45, 2.75) is 20.0 Å². The van der Waals surface area contributed by atoms with E-state index in [2.05, 4.69) is 15.5 Å². The van der Waals surface area contributed by atoms with Crippen LogP contribution in [0.25, 0.3) is 6.08 Å². The molecule has 0 bridgehead atoms. The van der Waals surface area contributed by atoms with Crippen LogP contribution >= 0.6 is 11.3 Å². The zero-order valence-corrected chi connectivity index (χ0v) is 17.4. The standard InChI is InChI=1S/C22H20N4O3S/c1-3-20-25-26-22(30-20)24-21(27)17(13-23)11-16-9-10-18(19(12-16)28-2)29-14-15-7-5-4-6-8-15/h4-12H,3,14H2,1-2H3,(H,24,26,27)/b17-11+. The van der Waals surface area contributed by atoms with Crippen LogP contribution in [0.1, 0.15) is 23.1 Å². The summed E-state index contributed by atoms with van der Waals surface area (Å²) in [6, 6.07) is 16.9. The molecular formula is C22H20N4O3S. The molecular weight excluding hydrogens is 400 g/mol. The van der Waals surface area contributed by atoms with E-state index in [1.54, 1.807) is 18.2 Å². The van der Waals surface area contributed by atoms with E-state index in [1.165, 1.54) is 24.5 Å². The predicted octanol–water partition coefficient (Wildman–Crippen LogP) is 4.23. The summed E-state index contributed by atoms with van der Waals surface area (Å²) in [6.45, 7) is 2.35. The van der Waals surface area contributed by atoms with E-state index in [0.29, 0.717) is 28.8 Å². The Bertz CT molecular complexity index is 1090. The molecule has 1 N–H and O–H groups in total. The number of carbonyl (C=O) groups excluding carboxylic acids is 1. The molecule has 8 heteroatoms. The Morgan fingerprint density at radius 3 is 2.67 bits per heavy atom. The van der Waals surface area contributed by atoms with Crippen molar-refractivity contribution in [2.24, 2.45) is 0 Å². The first-order valence-electron chi connectivity index (χ1n) is 9.23. The molecule has 0 spiro atoms. The fourth-order valence-corrected chi connectivity index (χ4v) is 3.23. The maximum absolute atomic E-state index is 12.4. The second-order valence-corrected chi connectivity index (χ2v) is 7.23. The van der Waals surface area contributed by atoms with Gasteiger partial charge < -0.3 is 9.47 Å². The third-order valence-corrected chi connectivity index (χ3v) is 5.07. The largest absolute Gasteiger partial charge is 0.493 e. The van der Waals surface area contributed by atoms with E-state index in [4.69, 9.17) is 9.47 Å². The average Bonchev–Trinajstić information content (AvgIpc) is 3.24. The first-order chi connectivity index (χ1) is 14.6. The molecule has 3 rings (SSSR count). The fraction of sp³-hybridized carbons (Fsp3) is 0.182. The van der Waals surface area contributed by atoms with E-state index in [-0.39, 0.29) is 5.57 Å². The van der Waals surface area contributed by atoms with E-state index in [0.717, 1.165) is 17.0 Å². The number of amides is 1. The van der Waals surface area contributed by atoms with Crippen LogP contribution in [-0.2, 0) is 17.8 Å². The molecule has 0 radical (unpaired) electrons. The van der Waals surface area contributed by atoms with Crippen LogP contribution in [0.4, 0.5) is 5.13 Å². The topological polar surface area (TPSA) is 97.1 Å². The third kappa shape index (κ3) is 5.43. The number of aryl methyl sites for hydroxylation is 1. The number of nitrogens with one attached hydrogen (secondary N) is 1. The Hall–Kier alpha value is -3.70. The fourth-order valence-electron chi connectivity index (χ4n) is 2.56. The van der Waals surface area contributed by atoms with Gasteiger partial charge in [0, 0.05) is 0 Å². The first kappa shape index (κ1) is 21.0. The summed E-state index contributed by atoms with van der Waals surface area (Å²) in [5.41, 5.74) is 1.62. The van der Waals surface area contributed by atoms with Crippen molar-refractivity contribution < 1.29 is 14.3 Å². The first-order valence-corrected chi connectivity index (χ1v) is 10.0. The summed E-state index contributed by atoms with van der Waals surface area (Å²) < 4.78 is 11.2. The van der Waals surface area contributed by atoms with Gasteiger partial charge in [-0.1, -0.05) is 54.7 Å². The van der Waals surface area contributed by atoms with Gasteiger partial charge in [-0.25, -0.2) is 0 Å². The van der Waals surface area contributed by atoms with Crippen LogP contribution in [0.15, 0.2) is 54.1 Å². The van der Waals surface area contributed by atoms with Gasteiger partial charge >= 0.3 is 0 Å². The quantitative estimate of drug-likeness (QED) is 0.433. The Morgan fingerprint density at radius 1 is 1.20 bits per heavy atom. The molecule has 0 atom stereocenters. The molecule has 30 heavy (non-hydrogen) atoms. The second-order valence-electron chi connectivity index (χ2n) is 6.16. The van der Waals surface area contributed by atoms with Crippen LogP contribution in [0.3, 0.4) is 0 Å². The number of hydrogen-bond donors (Lipinski definition) is 1. The van der Waals surface area contributed by atoms with Gasteiger partial charge in [0.2, 0.25) is 5.13 Å². The number of methoxy groups -OCH3 is 1. The summed E-state index contributed by atoms with van der Waals surface area (Å²) in [5, 5.41) is 21.0. The smallest absolute Gasteiger partial charge is 0.268 e. The van der Waals surface area contributed by atoms with Crippen LogP contribution in [0, 0.1) is 11.3 Å². The number of rotatable bonds is 8. The second kappa shape index (κ2) is 10.2. The van der Waals surface area contributed by atoms with Crippen molar-refractivity contribution in [2.75, 3.05) is 12.4 Å². The summed E-state index contributed by atoms with van der Waals surface area (Å²) in [5.74, 6) is 0.538. The molecule has 1 amide bonds. The highest BCUT2D eigenvalue weighted by Gasteiger charge is 2.13. The van der Waals surface area contributed by atoms with Gasteiger partial charge in [-0.05, 0) is 35.8 Å². The minimum Gasteiger partial charge on any atom is -0.493 e. The Balaban J connectivity index is 1.73. The molecule has 0 aliphatic carbocycles. The lowest BCUT2D eigenvalue weighted by Gasteiger charge is -2.11. The Morgan fingerprint density at radius 2 is 2.00 bits per heavy atom. The molecule has 0 saturated heterocycles. The van der Waals surface area contributed by atoms with E-state index >= 15 is 0 Å². The van der Waals surface area contributed by atoms with Gasteiger partial charge in [0.25, 0.3) is 5.91 Å². The van der Waals surface area contributed by atoms with Crippen molar-refractivity contribution >= 4 is 28.5 Å². The predicted molar refractivity (Wildman–Crippen MR) is 115 cm³/mol. The maximum Gasteiger partial charge on any atom is 0.268 e. The minimum absolute atomic E-state index is 0.0525. The number of anilines is 1. The van der Waals surface area contributed by atoms with Gasteiger partial charge in [-0.2, -0.15) is 5.26 Å². The minimum atomic E-state index is -0.542. The zero-order valence-electron chi connectivity index (χ0n) is 16.6. The molecule has 0 fully saturated rings. The molecule has 3 aromatic rings. The van der Waals surface area contributed by atoms with Gasteiger partial charge in [0.05, 0.1) is 7.11 Å². The molecule has 0 aliphatic rings. The maximum atomic E-state index is 12.4. The normalized spacial score (nSPS) is 10.9. The highest BCUT2D eigenvalue weighted by molar-refractivity contribution is 7.15. The summed E-state index contributed by atoms with van der Waals surface area (Å²) in [7, 11) is 1.54. The number of benzene rings is 2. The van der Waals surface area contributed by atoms with E-state index in [1.807, 2.05) is 43.3 Å². The zero-order chi connectivity index (χ0) is 21.3. The molecule has 1 aromatic heterocycles. The van der Waals surface area contributed by atoms with Crippen LogP contribution in [0.5, 0.6) is 11.5 Å². The van der Waals surface area contributed by atoms with Gasteiger partial charge in [-0.15, -0.1) is 10.2 Å². The molecule has 1 heterocycles. The lowest BCUT2D eigenvalue weighted by molar-refractivity contribution is -0.112. The average molecular weight is 420 g/mol. The monoisotopic (exact) mass is 420 g/mol. The molecule has 152 valence electrons. The van der Waals surface area contributed by atoms with E-state index in [9.17, 15) is 10.1 Å². The highest BCUT2D eigenvalue weighted by atomic mass is 32.1. The number of carbonyl (C=O) groups is 1. The van der Waals surface area contributed by atoms with Gasteiger partial charge in [0.1, 0.15) is 23.3 Å². The summed E-state index contributed by atoms with van der Waals surface area (Å²) in [4.78, 5) is 12.4. The van der Waals surface area contributed by atoms with Crippen molar-refractivity contribution in [3.8, 4) is 17.6 Å². The highest BCUT2D eigenvalue weighted by Crippen LogP contribution is 2.30. The molecule has 0 aliphatic heterocycles. The molecule has 0 saturated carbocycles. The summed E-state index contributed by atoms with van der Waals surface area (Å²) >= 11 is 1.28. The Kier molecular flexibility index (Phi) is 7.14. The molecule has 7 nitrogen and oxygen atoms in total. The Labute approximate surface area is 178 Å². The number of nitriles is 1. The lowest BCUT2D eigenvalue weighted by Crippen LogP contribution is -2.13. The molecule has 2 aromatic carbocycles. The van der Waals surface area contributed by atoms with E-state index < -0.39 is 5.91 Å². The molecule has 0 unspecified atom stereocenters. The van der Waals surface area contributed by atoms with Crippen LogP contribution < -0.4 is 14.8 Å². The van der Waals surface area contributed by atoms with Crippen LogP contribution in [0.2, 0.25) is 0 Å². The lowest BCUT2D eigenvalue weighted by atomic mass is 10.1. The third-order valence-electron chi connectivity index (χ3n) is 4.09. The van der Waals surface area contributed by atoms with Crippen molar-refractivity contribution in [3.05, 3.63) is 70.2 Å². The summed E-state index contributed by atoms with van der Waals surface area (Å²) in [6.07, 6.45) is 2.22.